The molecule has 2 aromatic carbocycles. The van der Waals surface area contributed by atoms with E-state index in [2.05, 4.69) is 21.4 Å². The lowest BCUT2D eigenvalue weighted by molar-refractivity contribution is 0.0732. The van der Waals surface area contributed by atoms with Gasteiger partial charge in [-0.15, -0.1) is 23.1 Å². The number of fused-ring (bicyclic) bond motifs is 1. The molecular formula is C24H22N4O3S2. The van der Waals surface area contributed by atoms with Crippen LogP contribution in [0.1, 0.15) is 31.4 Å². The molecule has 1 N–H and O–H groups in total. The Morgan fingerprint density at radius 3 is 2.91 bits per heavy atom. The molecular weight excluding hydrogens is 456 g/mol. The van der Waals surface area contributed by atoms with Crippen molar-refractivity contribution in [2.24, 2.45) is 0 Å². The number of hydrogen-bond acceptors (Lipinski definition) is 7. The zero-order chi connectivity index (χ0) is 22.9. The highest BCUT2D eigenvalue weighted by Crippen LogP contribution is 2.33. The number of rotatable bonds is 5. The molecule has 2 amide bonds. The summed E-state index contributed by atoms with van der Waals surface area (Å²) in [5.41, 5.74) is 4.15. The van der Waals surface area contributed by atoms with Crippen LogP contribution < -0.4 is 5.32 Å². The summed E-state index contributed by atoms with van der Waals surface area (Å²) in [5, 5.41) is 3.82. The number of carbonyl (C=O) groups excluding carboxylic acids is 2. The summed E-state index contributed by atoms with van der Waals surface area (Å²) >= 11 is 3.21. The summed E-state index contributed by atoms with van der Waals surface area (Å²) in [4.78, 5) is 37.7. The van der Waals surface area contributed by atoms with Crippen LogP contribution in [0.5, 0.6) is 0 Å². The summed E-state index contributed by atoms with van der Waals surface area (Å²) in [6, 6.07) is 13.3. The molecule has 3 heterocycles. The van der Waals surface area contributed by atoms with E-state index in [0.717, 1.165) is 26.8 Å². The van der Waals surface area contributed by atoms with Crippen LogP contribution in [0.3, 0.4) is 0 Å². The molecule has 1 aliphatic heterocycles. The number of para-hydroxylation sites is 1. The Morgan fingerprint density at radius 2 is 2.06 bits per heavy atom. The fourth-order valence-corrected chi connectivity index (χ4v) is 6.04. The number of amides is 2. The summed E-state index contributed by atoms with van der Waals surface area (Å²) in [5.74, 6) is 0.978. The largest absolute Gasteiger partial charge is 0.443 e. The number of oxazole rings is 1. The van der Waals surface area contributed by atoms with Crippen LogP contribution in [0.15, 0.2) is 53.3 Å². The molecule has 1 fully saturated rings. The Balaban J connectivity index is 1.34. The summed E-state index contributed by atoms with van der Waals surface area (Å²) in [6.45, 7) is 4.31. The molecule has 1 saturated heterocycles. The van der Waals surface area contributed by atoms with E-state index in [1.165, 1.54) is 17.7 Å². The Morgan fingerprint density at radius 1 is 1.21 bits per heavy atom. The van der Waals surface area contributed by atoms with Gasteiger partial charge < -0.3 is 14.6 Å². The van der Waals surface area contributed by atoms with Gasteiger partial charge in [0.15, 0.2) is 12.0 Å². The first kappa shape index (κ1) is 21.7. The number of carbonyl (C=O) groups is 2. The minimum atomic E-state index is -0.244. The molecule has 4 aromatic rings. The van der Waals surface area contributed by atoms with Gasteiger partial charge in [-0.25, -0.2) is 9.97 Å². The number of thiazole rings is 1. The molecule has 33 heavy (non-hydrogen) atoms. The van der Waals surface area contributed by atoms with Crippen LogP contribution in [0.4, 0.5) is 0 Å². The minimum absolute atomic E-state index is 0.0996. The molecule has 5 rings (SSSR count). The summed E-state index contributed by atoms with van der Waals surface area (Å²) < 4.78 is 5.38. The van der Waals surface area contributed by atoms with Gasteiger partial charge in [-0.3, -0.25) is 9.59 Å². The fraction of sp³-hybridized carbons (Fsp3) is 0.250. The number of aromatic nitrogens is 2. The second-order valence-corrected chi connectivity index (χ2v) is 10.1. The van der Waals surface area contributed by atoms with Crippen molar-refractivity contribution in [1.82, 2.24) is 20.2 Å². The van der Waals surface area contributed by atoms with E-state index in [9.17, 15) is 9.59 Å². The molecule has 0 unspecified atom stereocenters. The van der Waals surface area contributed by atoms with Gasteiger partial charge in [-0.1, -0.05) is 35.9 Å². The van der Waals surface area contributed by atoms with Crippen molar-refractivity contribution < 1.29 is 14.0 Å². The summed E-state index contributed by atoms with van der Waals surface area (Å²) in [7, 11) is 0. The zero-order valence-corrected chi connectivity index (χ0v) is 19.8. The van der Waals surface area contributed by atoms with E-state index >= 15 is 0 Å². The van der Waals surface area contributed by atoms with E-state index in [-0.39, 0.29) is 17.9 Å². The first-order valence-corrected chi connectivity index (χ1v) is 12.5. The van der Waals surface area contributed by atoms with E-state index in [4.69, 9.17) is 4.42 Å². The zero-order valence-electron chi connectivity index (χ0n) is 18.2. The van der Waals surface area contributed by atoms with Gasteiger partial charge in [-0.05, 0) is 31.5 Å². The topological polar surface area (TPSA) is 88.3 Å². The van der Waals surface area contributed by atoms with Gasteiger partial charge >= 0.3 is 0 Å². The molecule has 0 radical (unpaired) electrons. The third kappa shape index (κ3) is 4.26. The lowest BCUT2D eigenvalue weighted by atomic mass is 10.1. The van der Waals surface area contributed by atoms with Crippen molar-refractivity contribution in [1.29, 1.82) is 0 Å². The van der Waals surface area contributed by atoms with Crippen molar-refractivity contribution in [2.75, 3.05) is 18.2 Å². The van der Waals surface area contributed by atoms with Crippen molar-refractivity contribution in [3.05, 3.63) is 70.7 Å². The van der Waals surface area contributed by atoms with Gasteiger partial charge in [0, 0.05) is 12.3 Å². The van der Waals surface area contributed by atoms with E-state index in [1.54, 1.807) is 30.0 Å². The Kier molecular flexibility index (Phi) is 5.90. The first-order chi connectivity index (χ1) is 16.0. The van der Waals surface area contributed by atoms with Crippen molar-refractivity contribution in [3.63, 3.8) is 0 Å². The van der Waals surface area contributed by atoms with Gasteiger partial charge in [0.25, 0.3) is 11.8 Å². The average molecular weight is 479 g/mol. The maximum absolute atomic E-state index is 13.5. The van der Waals surface area contributed by atoms with Crippen LogP contribution >= 0.6 is 23.1 Å². The van der Waals surface area contributed by atoms with Gasteiger partial charge in [-0.2, -0.15) is 0 Å². The van der Waals surface area contributed by atoms with Crippen molar-refractivity contribution >= 4 is 46.0 Å². The predicted molar refractivity (Wildman–Crippen MR) is 131 cm³/mol. The second-order valence-electron chi connectivity index (χ2n) is 7.92. The molecule has 168 valence electrons. The molecule has 0 spiro atoms. The molecule has 7 nitrogen and oxygen atoms in total. The van der Waals surface area contributed by atoms with Crippen LogP contribution in [0.25, 0.3) is 21.5 Å². The highest BCUT2D eigenvalue weighted by atomic mass is 32.2. The molecule has 0 saturated carbocycles. The van der Waals surface area contributed by atoms with Crippen molar-refractivity contribution in [3.8, 4) is 10.4 Å². The smallest absolute Gasteiger partial charge is 0.275 e. The van der Waals surface area contributed by atoms with Gasteiger partial charge in [0.05, 0.1) is 27.4 Å². The molecule has 1 atom stereocenters. The molecule has 1 aliphatic rings. The number of aryl methyl sites for hydroxylation is 2. The third-order valence-electron chi connectivity index (χ3n) is 5.56. The second kappa shape index (κ2) is 8.99. The predicted octanol–water partition coefficient (Wildman–Crippen LogP) is 4.51. The van der Waals surface area contributed by atoms with Crippen LogP contribution in [0, 0.1) is 13.8 Å². The number of thioether (sulfide) groups is 1. The van der Waals surface area contributed by atoms with Crippen LogP contribution in [-0.4, -0.2) is 50.9 Å². The van der Waals surface area contributed by atoms with E-state index in [1.807, 2.05) is 36.9 Å². The van der Waals surface area contributed by atoms with Crippen LogP contribution in [0.2, 0.25) is 0 Å². The van der Waals surface area contributed by atoms with Gasteiger partial charge in [0.2, 0.25) is 0 Å². The van der Waals surface area contributed by atoms with Crippen LogP contribution in [-0.2, 0) is 0 Å². The number of benzene rings is 2. The maximum atomic E-state index is 13.5. The number of hydrogen-bond donors (Lipinski definition) is 1. The van der Waals surface area contributed by atoms with Crippen molar-refractivity contribution in [2.45, 2.75) is 19.9 Å². The van der Waals surface area contributed by atoms with E-state index in [0.29, 0.717) is 34.8 Å². The SMILES string of the molecule is Cc1cccc(-c2sc(C)nc2C(=O)N2CSC[C@H]2CNC(=O)c2cccc3ncoc23)c1. The Hall–Kier alpha value is -3.17. The maximum Gasteiger partial charge on any atom is 0.275 e. The standard InChI is InChI=1S/C24H22N4O3S2/c1-14-5-3-6-16(9-14)22-20(27-15(2)33-22)24(30)28-13-32-11-17(28)10-25-23(29)18-7-4-8-19-21(18)31-12-26-19/h3-9,12,17H,10-11,13H2,1-2H3,(H,25,29)/t17-/m1/s1. The first-order valence-electron chi connectivity index (χ1n) is 10.5. The molecule has 9 heteroatoms. The lowest BCUT2D eigenvalue weighted by Gasteiger charge is -2.24. The normalized spacial score (nSPS) is 15.8. The average Bonchev–Trinajstić information content (AvgIpc) is 3.55. The quantitative estimate of drug-likeness (QED) is 0.454. The van der Waals surface area contributed by atoms with E-state index < -0.39 is 0 Å². The minimum Gasteiger partial charge on any atom is -0.443 e. The molecule has 0 aliphatic carbocycles. The highest BCUT2D eigenvalue weighted by molar-refractivity contribution is 7.99. The lowest BCUT2D eigenvalue weighted by Crippen LogP contribution is -2.44. The third-order valence-corrected chi connectivity index (χ3v) is 7.66. The Labute approximate surface area is 199 Å². The molecule has 0 bridgehead atoms. The summed E-state index contributed by atoms with van der Waals surface area (Å²) in [6.07, 6.45) is 1.33. The van der Waals surface area contributed by atoms with Gasteiger partial charge in [0.1, 0.15) is 11.2 Å². The number of nitrogens with one attached hydrogen (secondary N) is 1. The molecule has 2 aromatic heterocycles. The fourth-order valence-electron chi connectivity index (χ4n) is 3.94. The Bertz CT molecular complexity index is 1350. The monoisotopic (exact) mass is 478 g/mol. The number of nitrogens with zero attached hydrogens (tertiary/aromatic N) is 3. The highest BCUT2D eigenvalue weighted by Gasteiger charge is 2.33.